The van der Waals surface area contributed by atoms with Crippen molar-refractivity contribution >= 4 is 23.2 Å². The van der Waals surface area contributed by atoms with Crippen molar-refractivity contribution < 1.29 is 4.79 Å². The van der Waals surface area contributed by atoms with Gasteiger partial charge in [0, 0.05) is 6.42 Å². The number of amides is 1. The fourth-order valence-corrected chi connectivity index (χ4v) is 0.940. The third-order valence-corrected chi connectivity index (χ3v) is 1.47. The Bertz CT molecular complexity index is 183. The maximum Gasteiger partial charge on any atom is 0.221 e. The molecule has 0 bridgehead atoms. The van der Waals surface area contributed by atoms with Crippen LogP contribution in [-0.4, -0.2) is 17.2 Å². The number of nitrogens with one attached hydrogen (secondary N) is 3. The molecule has 0 radical (unpaired) electrons. The van der Waals surface area contributed by atoms with Gasteiger partial charge in [0.1, 0.15) is 0 Å². The van der Waals surface area contributed by atoms with Crippen LogP contribution < -0.4 is 21.9 Å². The molecule has 62 valence electrons. The lowest BCUT2D eigenvalue weighted by Gasteiger charge is -2.12. The van der Waals surface area contributed by atoms with E-state index in [1.54, 1.807) is 0 Å². The molecule has 1 fully saturated rings. The summed E-state index contributed by atoms with van der Waals surface area (Å²) in [4.78, 5) is 10.7. The van der Waals surface area contributed by atoms with E-state index in [-0.39, 0.29) is 17.2 Å². The molecule has 6 heteroatoms. The van der Waals surface area contributed by atoms with Crippen molar-refractivity contribution in [2.75, 3.05) is 0 Å². The average molecular weight is 174 g/mol. The second kappa shape index (κ2) is 3.49. The molecule has 0 aromatic heterocycles. The number of hydrazine groups is 1. The van der Waals surface area contributed by atoms with Crippen molar-refractivity contribution in [3.63, 3.8) is 0 Å². The Labute approximate surface area is 69.7 Å². The van der Waals surface area contributed by atoms with E-state index >= 15 is 0 Å². The van der Waals surface area contributed by atoms with Crippen LogP contribution in [-0.2, 0) is 4.79 Å². The Kier molecular flexibility index (Phi) is 2.61. The molecule has 1 aliphatic heterocycles. The fraction of sp³-hybridized carbons (Fsp3) is 0.600. The van der Waals surface area contributed by atoms with Gasteiger partial charge in [-0.05, 0) is 18.6 Å². The smallest absolute Gasteiger partial charge is 0.221 e. The van der Waals surface area contributed by atoms with Gasteiger partial charge in [-0.3, -0.25) is 10.2 Å². The van der Waals surface area contributed by atoms with Gasteiger partial charge in [-0.15, -0.1) is 0 Å². The summed E-state index contributed by atoms with van der Waals surface area (Å²) < 4.78 is 0. The number of thiocarbonyl (C=S) groups is 1. The standard InChI is InChI=1S/C5H10N4OS/c6-5(11)9-8-3-1-2-4(10)7-3/h3,8H,1-2H2,(H,7,10)(H3,6,9,11). The van der Waals surface area contributed by atoms with Gasteiger partial charge in [-0.1, -0.05) is 0 Å². The quantitative estimate of drug-likeness (QED) is 0.304. The normalized spacial score (nSPS) is 22.9. The van der Waals surface area contributed by atoms with Crippen molar-refractivity contribution in [3.8, 4) is 0 Å². The predicted molar refractivity (Wildman–Crippen MR) is 44.2 cm³/mol. The highest BCUT2D eigenvalue weighted by atomic mass is 32.1. The summed E-state index contributed by atoms with van der Waals surface area (Å²) in [5.74, 6) is 0.0484. The second-order valence-corrected chi connectivity index (χ2v) is 2.73. The zero-order valence-corrected chi connectivity index (χ0v) is 6.70. The van der Waals surface area contributed by atoms with Gasteiger partial charge in [0.2, 0.25) is 5.91 Å². The Balaban J connectivity index is 2.18. The molecule has 0 spiro atoms. The topological polar surface area (TPSA) is 79.2 Å². The molecule has 11 heavy (non-hydrogen) atoms. The zero-order chi connectivity index (χ0) is 8.27. The molecule has 1 heterocycles. The van der Waals surface area contributed by atoms with Crippen molar-refractivity contribution in [2.45, 2.75) is 19.0 Å². The molecule has 0 aromatic rings. The first-order chi connectivity index (χ1) is 5.18. The van der Waals surface area contributed by atoms with Crippen molar-refractivity contribution in [1.82, 2.24) is 16.2 Å². The van der Waals surface area contributed by atoms with Crippen LogP contribution in [0.2, 0.25) is 0 Å². The highest BCUT2D eigenvalue weighted by molar-refractivity contribution is 7.80. The number of rotatable bonds is 2. The molecule has 1 atom stereocenters. The van der Waals surface area contributed by atoms with Gasteiger partial charge in [-0.2, -0.15) is 0 Å². The minimum Gasteiger partial charge on any atom is -0.375 e. The first-order valence-corrected chi connectivity index (χ1v) is 3.69. The van der Waals surface area contributed by atoms with Crippen LogP contribution in [0.5, 0.6) is 0 Å². The molecule has 1 aliphatic rings. The largest absolute Gasteiger partial charge is 0.375 e. The van der Waals surface area contributed by atoms with E-state index in [2.05, 4.69) is 28.4 Å². The zero-order valence-electron chi connectivity index (χ0n) is 5.89. The predicted octanol–water partition coefficient (Wildman–Crippen LogP) is -1.44. The van der Waals surface area contributed by atoms with Gasteiger partial charge in [0.05, 0.1) is 6.17 Å². The van der Waals surface area contributed by atoms with E-state index in [9.17, 15) is 4.79 Å². The Morgan fingerprint density at radius 2 is 2.55 bits per heavy atom. The molecule has 0 aliphatic carbocycles. The summed E-state index contributed by atoms with van der Waals surface area (Å²) in [6.45, 7) is 0. The lowest BCUT2D eigenvalue weighted by molar-refractivity contribution is -0.119. The third kappa shape index (κ3) is 2.69. The Morgan fingerprint density at radius 1 is 1.82 bits per heavy atom. The number of carbonyl (C=O) groups is 1. The van der Waals surface area contributed by atoms with Gasteiger partial charge >= 0.3 is 0 Å². The maximum absolute atomic E-state index is 10.7. The molecule has 1 saturated heterocycles. The van der Waals surface area contributed by atoms with Crippen LogP contribution >= 0.6 is 12.2 Å². The molecule has 0 aromatic carbocycles. The average Bonchev–Trinajstić information content (AvgIpc) is 2.31. The van der Waals surface area contributed by atoms with E-state index in [1.165, 1.54) is 0 Å². The molecule has 1 unspecified atom stereocenters. The third-order valence-electron chi connectivity index (χ3n) is 1.36. The second-order valence-electron chi connectivity index (χ2n) is 2.29. The fourth-order valence-electron chi connectivity index (χ4n) is 0.881. The summed E-state index contributed by atoms with van der Waals surface area (Å²) in [7, 11) is 0. The lowest BCUT2D eigenvalue weighted by atomic mass is 10.3. The van der Waals surface area contributed by atoms with E-state index in [1.807, 2.05) is 0 Å². The van der Waals surface area contributed by atoms with E-state index < -0.39 is 0 Å². The van der Waals surface area contributed by atoms with Crippen molar-refractivity contribution in [2.24, 2.45) is 5.73 Å². The summed E-state index contributed by atoms with van der Waals surface area (Å²) in [5, 5.41) is 2.85. The molecule has 1 amide bonds. The number of hydrogen-bond donors (Lipinski definition) is 4. The number of hydrogen-bond acceptors (Lipinski definition) is 3. The maximum atomic E-state index is 10.7. The summed E-state index contributed by atoms with van der Waals surface area (Å²) in [6, 6.07) is 0. The van der Waals surface area contributed by atoms with Crippen molar-refractivity contribution in [3.05, 3.63) is 0 Å². The Morgan fingerprint density at radius 3 is 3.00 bits per heavy atom. The van der Waals surface area contributed by atoms with Crippen LogP contribution in [0.4, 0.5) is 0 Å². The number of carbonyl (C=O) groups excluding carboxylic acids is 1. The highest BCUT2D eigenvalue weighted by Gasteiger charge is 2.19. The molecule has 1 rings (SSSR count). The molecule has 5 N–H and O–H groups in total. The van der Waals surface area contributed by atoms with Crippen molar-refractivity contribution in [1.29, 1.82) is 0 Å². The summed E-state index contributed by atoms with van der Waals surface area (Å²) >= 11 is 4.55. The van der Waals surface area contributed by atoms with Crippen LogP contribution in [0, 0.1) is 0 Å². The van der Waals surface area contributed by atoms with E-state index in [0.29, 0.717) is 6.42 Å². The monoisotopic (exact) mass is 174 g/mol. The van der Waals surface area contributed by atoms with E-state index in [0.717, 1.165) is 6.42 Å². The van der Waals surface area contributed by atoms with E-state index in [4.69, 9.17) is 5.73 Å². The van der Waals surface area contributed by atoms with Crippen LogP contribution in [0.15, 0.2) is 0 Å². The van der Waals surface area contributed by atoms with Crippen LogP contribution in [0.1, 0.15) is 12.8 Å². The Hall–Kier alpha value is -0.880. The first kappa shape index (κ1) is 8.22. The number of nitrogens with two attached hydrogens (primary N) is 1. The molecule has 0 saturated carbocycles. The first-order valence-electron chi connectivity index (χ1n) is 3.29. The lowest BCUT2D eigenvalue weighted by Crippen LogP contribution is -2.50. The minimum absolute atomic E-state index is 0.0484. The SMILES string of the molecule is NC(=S)NNC1CCC(=O)N1. The molecule has 5 nitrogen and oxygen atoms in total. The van der Waals surface area contributed by atoms with Gasteiger partial charge < -0.3 is 11.1 Å². The highest BCUT2D eigenvalue weighted by Crippen LogP contribution is 2.01. The van der Waals surface area contributed by atoms with Gasteiger partial charge in [0.15, 0.2) is 5.11 Å². The summed E-state index contributed by atoms with van der Waals surface area (Å²) in [6.07, 6.45) is 1.26. The summed E-state index contributed by atoms with van der Waals surface area (Å²) in [5.41, 5.74) is 10.5. The van der Waals surface area contributed by atoms with Gasteiger partial charge in [0.25, 0.3) is 0 Å². The molecular formula is C5H10N4OS. The van der Waals surface area contributed by atoms with Gasteiger partial charge in [-0.25, -0.2) is 5.43 Å². The van der Waals surface area contributed by atoms with Crippen LogP contribution in [0.3, 0.4) is 0 Å². The minimum atomic E-state index is -0.0519. The van der Waals surface area contributed by atoms with Crippen LogP contribution in [0.25, 0.3) is 0 Å². The molecular weight excluding hydrogens is 164 g/mol.